The van der Waals surface area contributed by atoms with Gasteiger partial charge in [-0.3, -0.25) is 8.89 Å². The molecule has 1 aliphatic heterocycles. The lowest BCUT2D eigenvalue weighted by molar-refractivity contribution is -0.141. The lowest BCUT2D eigenvalue weighted by Gasteiger charge is -2.33. The van der Waals surface area contributed by atoms with Crippen molar-refractivity contribution in [3.8, 4) is 0 Å². The molecule has 0 aliphatic carbocycles. The Morgan fingerprint density at radius 2 is 1.88 bits per heavy atom. The van der Waals surface area contributed by atoms with E-state index in [1.54, 1.807) is 25.7 Å². The van der Waals surface area contributed by atoms with Crippen LogP contribution in [0, 0.1) is 5.92 Å². The fraction of sp³-hybridized carbons (Fsp3) is 0.750. The van der Waals surface area contributed by atoms with Gasteiger partial charge in [0.1, 0.15) is 10.6 Å². The summed E-state index contributed by atoms with van der Waals surface area (Å²) in [5.74, 6) is 0.317. The van der Waals surface area contributed by atoms with E-state index >= 15 is 0 Å². The minimum absolute atomic E-state index is 0.0619. The standard InChI is InChI=1S/C16H24F3N3O3S/c1-15(2,3)25-14(23)22-7-5-11(6-8-22)10-26(24)13-9-12(16(17,18)19)20-21(13)4/h9,11H,5-8,10H2,1-4H3. The lowest BCUT2D eigenvalue weighted by atomic mass is 9.99. The summed E-state index contributed by atoms with van der Waals surface area (Å²) in [7, 11) is -0.224. The molecule has 2 rings (SSSR count). The normalized spacial score (nSPS) is 18.0. The Hall–Kier alpha value is -1.58. The number of hydrogen-bond acceptors (Lipinski definition) is 4. The van der Waals surface area contributed by atoms with Crippen LogP contribution in [0.2, 0.25) is 0 Å². The van der Waals surface area contributed by atoms with E-state index in [1.807, 2.05) is 0 Å². The summed E-state index contributed by atoms with van der Waals surface area (Å²) >= 11 is 0. The average Bonchev–Trinajstić information content (AvgIpc) is 2.88. The van der Waals surface area contributed by atoms with Crippen LogP contribution in [0.5, 0.6) is 0 Å². The van der Waals surface area contributed by atoms with E-state index in [-0.39, 0.29) is 22.8 Å². The molecule has 0 saturated carbocycles. The number of rotatable bonds is 3. The van der Waals surface area contributed by atoms with Crippen molar-refractivity contribution in [1.82, 2.24) is 14.7 Å². The molecular formula is C16H24F3N3O3S. The summed E-state index contributed by atoms with van der Waals surface area (Å²) < 4.78 is 56.9. The molecule has 2 heterocycles. The summed E-state index contributed by atoms with van der Waals surface area (Å²) in [5.41, 5.74) is -1.60. The largest absolute Gasteiger partial charge is 0.444 e. The fourth-order valence-electron chi connectivity index (χ4n) is 2.71. The van der Waals surface area contributed by atoms with Crippen LogP contribution in [0.15, 0.2) is 11.1 Å². The van der Waals surface area contributed by atoms with Crippen LogP contribution in [-0.4, -0.2) is 49.4 Å². The molecule has 1 fully saturated rings. The molecule has 26 heavy (non-hydrogen) atoms. The minimum atomic E-state index is -4.56. The summed E-state index contributed by atoms with van der Waals surface area (Å²) in [4.78, 5) is 13.6. The van der Waals surface area contributed by atoms with E-state index in [9.17, 15) is 22.2 Å². The van der Waals surface area contributed by atoms with Gasteiger partial charge in [0.05, 0.1) is 10.8 Å². The third-order valence-corrected chi connectivity index (χ3v) is 5.64. The first-order valence-electron chi connectivity index (χ1n) is 8.34. The third-order valence-electron chi connectivity index (χ3n) is 4.01. The third kappa shape index (κ3) is 5.46. The second-order valence-corrected chi connectivity index (χ2v) is 8.85. The minimum Gasteiger partial charge on any atom is -0.444 e. The number of carbonyl (C=O) groups excluding carboxylic acids is 1. The van der Waals surface area contributed by atoms with Gasteiger partial charge in [-0.05, 0) is 39.5 Å². The highest BCUT2D eigenvalue weighted by Crippen LogP contribution is 2.30. The Bertz CT molecular complexity index is 675. The maximum atomic E-state index is 12.7. The average molecular weight is 395 g/mol. The van der Waals surface area contributed by atoms with Gasteiger partial charge in [-0.25, -0.2) is 4.79 Å². The van der Waals surface area contributed by atoms with E-state index < -0.39 is 28.3 Å². The zero-order chi connectivity index (χ0) is 19.7. The van der Waals surface area contributed by atoms with Crippen molar-refractivity contribution in [3.63, 3.8) is 0 Å². The Kier molecular flexibility index (Phi) is 6.04. The molecule has 1 saturated heterocycles. The Morgan fingerprint density at radius 3 is 2.35 bits per heavy atom. The summed E-state index contributed by atoms with van der Waals surface area (Å²) in [6.07, 6.45) is -3.67. The molecule has 0 bridgehead atoms. The first kappa shape index (κ1) is 20.7. The van der Waals surface area contributed by atoms with Gasteiger partial charge in [-0.2, -0.15) is 18.3 Å². The monoisotopic (exact) mass is 395 g/mol. The van der Waals surface area contributed by atoms with Crippen molar-refractivity contribution >= 4 is 16.9 Å². The van der Waals surface area contributed by atoms with Gasteiger partial charge >= 0.3 is 12.3 Å². The number of amides is 1. The van der Waals surface area contributed by atoms with Crippen LogP contribution < -0.4 is 0 Å². The second kappa shape index (κ2) is 7.58. The zero-order valence-corrected chi connectivity index (χ0v) is 16.1. The van der Waals surface area contributed by atoms with Crippen LogP contribution in [-0.2, 0) is 28.8 Å². The molecule has 1 aromatic rings. The molecule has 1 aliphatic rings. The molecule has 0 spiro atoms. The van der Waals surface area contributed by atoms with Gasteiger partial charge in [0.2, 0.25) is 0 Å². The van der Waals surface area contributed by atoms with Gasteiger partial charge < -0.3 is 9.64 Å². The predicted molar refractivity (Wildman–Crippen MR) is 90.0 cm³/mol. The quantitative estimate of drug-likeness (QED) is 0.789. The maximum absolute atomic E-state index is 12.7. The van der Waals surface area contributed by atoms with Crippen LogP contribution in [0.1, 0.15) is 39.3 Å². The zero-order valence-electron chi connectivity index (χ0n) is 15.3. The summed E-state index contributed by atoms with van der Waals surface area (Å²) in [5, 5.41) is 3.46. The molecule has 6 nitrogen and oxygen atoms in total. The number of carbonyl (C=O) groups is 1. The van der Waals surface area contributed by atoms with Gasteiger partial charge in [0.15, 0.2) is 5.69 Å². The summed E-state index contributed by atoms with van der Waals surface area (Å²) in [6.45, 7) is 6.35. The molecular weight excluding hydrogens is 371 g/mol. The number of ether oxygens (including phenoxy) is 1. The topological polar surface area (TPSA) is 64.4 Å². The number of halogens is 3. The number of aryl methyl sites for hydroxylation is 1. The highest BCUT2D eigenvalue weighted by molar-refractivity contribution is 7.85. The van der Waals surface area contributed by atoms with Crippen LogP contribution in [0.3, 0.4) is 0 Å². The number of likely N-dealkylation sites (tertiary alicyclic amines) is 1. The van der Waals surface area contributed by atoms with Crippen molar-refractivity contribution in [3.05, 3.63) is 11.8 Å². The molecule has 0 radical (unpaired) electrons. The number of piperidine rings is 1. The number of aromatic nitrogens is 2. The molecule has 148 valence electrons. The Labute approximate surface area is 153 Å². The molecule has 1 atom stereocenters. The molecule has 0 N–H and O–H groups in total. The number of hydrogen-bond donors (Lipinski definition) is 0. The van der Waals surface area contributed by atoms with Gasteiger partial charge in [0.25, 0.3) is 0 Å². The van der Waals surface area contributed by atoms with E-state index in [1.165, 1.54) is 7.05 Å². The van der Waals surface area contributed by atoms with Crippen molar-refractivity contribution in [1.29, 1.82) is 0 Å². The first-order valence-corrected chi connectivity index (χ1v) is 9.66. The molecule has 0 aromatic carbocycles. The Balaban J connectivity index is 1.91. The van der Waals surface area contributed by atoms with Crippen molar-refractivity contribution < 1.29 is 26.9 Å². The lowest BCUT2D eigenvalue weighted by Crippen LogP contribution is -2.42. The van der Waals surface area contributed by atoms with Crippen molar-refractivity contribution in [2.24, 2.45) is 13.0 Å². The summed E-state index contributed by atoms with van der Waals surface area (Å²) in [6, 6.07) is 0.839. The highest BCUT2D eigenvalue weighted by Gasteiger charge is 2.35. The number of alkyl halides is 3. The van der Waals surface area contributed by atoms with Gasteiger partial charge in [-0.15, -0.1) is 0 Å². The molecule has 1 amide bonds. The van der Waals surface area contributed by atoms with E-state index in [2.05, 4.69) is 5.10 Å². The molecule has 1 unspecified atom stereocenters. The SMILES string of the molecule is Cn1nc(C(F)(F)F)cc1S(=O)CC1CCN(C(=O)OC(C)(C)C)CC1. The van der Waals surface area contributed by atoms with Gasteiger partial charge in [0, 0.05) is 32.0 Å². The maximum Gasteiger partial charge on any atom is 0.435 e. The van der Waals surface area contributed by atoms with E-state index in [0.29, 0.717) is 25.9 Å². The number of nitrogens with zero attached hydrogens (tertiary/aromatic N) is 3. The van der Waals surface area contributed by atoms with Crippen molar-refractivity contribution in [2.75, 3.05) is 18.8 Å². The Morgan fingerprint density at radius 1 is 1.31 bits per heavy atom. The molecule has 10 heteroatoms. The van der Waals surface area contributed by atoms with E-state index in [0.717, 1.165) is 10.7 Å². The van der Waals surface area contributed by atoms with Crippen LogP contribution in [0.25, 0.3) is 0 Å². The first-order chi connectivity index (χ1) is 11.9. The second-order valence-electron chi connectivity index (χ2n) is 7.41. The van der Waals surface area contributed by atoms with Gasteiger partial charge in [-0.1, -0.05) is 0 Å². The molecule has 1 aromatic heterocycles. The fourth-order valence-corrected chi connectivity index (χ4v) is 4.22. The smallest absolute Gasteiger partial charge is 0.435 e. The van der Waals surface area contributed by atoms with Crippen molar-refractivity contribution in [2.45, 2.75) is 50.4 Å². The van der Waals surface area contributed by atoms with Crippen LogP contribution >= 0.6 is 0 Å². The van der Waals surface area contributed by atoms with E-state index in [4.69, 9.17) is 4.74 Å². The predicted octanol–water partition coefficient (Wildman–Crippen LogP) is 3.19. The van der Waals surface area contributed by atoms with Crippen LogP contribution in [0.4, 0.5) is 18.0 Å². The highest BCUT2D eigenvalue weighted by atomic mass is 32.2.